The fourth-order valence-corrected chi connectivity index (χ4v) is 11.4. The number of nitrogens with zero attached hydrogens (tertiary/aromatic N) is 5. The second-order valence-electron chi connectivity index (χ2n) is 20.4. The molecule has 13 nitrogen and oxygen atoms in total. The summed E-state index contributed by atoms with van der Waals surface area (Å²) in [6.07, 6.45) is 16.9. The van der Waals surface area contributed by atoms with Gasteiger partial charge in [-0.3, -0.25) is 39.2 Å². The van der Waals surface area contributed by atoms with Gasteiger partial charge < -0.3 is 25.0 Å². The third-order valence-electron chi connectivity index (χ3n) is 13.9. The number of aliphatic hydroxyl groups excluding tert-OH is 2. The molecule has 2 aliphatic carbocycles. The van der Waals surface area contributed by atoms with E-state index in [1.165, 1.54) is 41.0 Å². The first-order valence-electron chi connectivity index (χ1n) is 26.4. The second-order valence-corrected chi connectivity index (χ2v) is 22.5. The highest BCUT2D eigenvalue weighted by atomic mass is 32.1. The lowest BCUT2D eigenvalue weighted by molar-refractivity contribution is -0.119. The van der Waals surface area contributed by atoms with Crippen LogP contribution < -0.4 is 14.8 Å². The third kappa shape index (κ3) is 14.9. The predicted octanol–water partition coefficient (Wildman–Crippen LogP) is 11.9. The van der Waals surface area contributed by atoms with E-state index < -0.39 is 11.6 Å². The normalized spacial score (nSPS) is 16.1. The Morgan fingerprint density at radius 3 is 1.52 bits per heavy atom. The second kappa shape index (κ2) is 25.2. The molecule has 2 saturated heterocycles. The van der Waals surface area contributed by atoms with Crippen molar-refractivity contribution >= 4 is 61.0 Å². The topological polar surface area (TPSA) is 177 Å². The van der Waals surface area contributed by atoms with E-state index in [1.807, 2.05) is 24.4 Å². The van der Waals surface area contributed by atoms with Crippen LogP contribution in [0.25, 0.3) is 41.6 Å². The molecule has 4 fully saturated rings. The van der Waals surface area contributed by atoms with Gasteiger partial charge in [-0.15, -0.1) is 22.7 Å². The average molecular weight is 1080 g/mol. The van der Waals surface area contributed by atoms with Crippen molar-refractivity contribution in [3.63, 3.8) is 0 Å². The van der Waals surface area contributed by atoms with Gasteiger partial charge in [0.15, 0.2) is 29.4 Å². The van der Waals surface area contributed by atoms with Crippen LogP contribution in [0.4, 0.5) is 8.78 Å². The molecule has 0 amide bonds. The first-order valence-corrected chi connectivity index (χ1v) is 28.0. The van der Waals surface area contributed by atoms with Gasteiger partial charge in [-0.1, -0.05) is 18.2 Å². The van der Waals surface area contributed by atoms with Crippen LogP contribution in [0, 0.1) is 23.5 Å². The van der Waals surface area contributed by atoms with E-state index in [2.05, 4.69) is 36.2 Å². The lowest BCUT2D eigenvalue weighted by atomic mass is 10.0. The van der Waals surface area contributed by atoms with Crippen molar-refractivity contribution in [2.45, 2.75) is 95.8 Å². The summed E-state index contributed by atoms with van der Waals surface area (Å²) in [6, 6.07) is 24.3. The number of carbonyl (C=O) groups excluding carboxylic acids is 3. The lowest BCUT2D eigenvalue weighted by Crippen LogP contribution is -2.35. The van der Waals surface area contributed by atoms with Crippen molar-refractivity contribution in [1.82, 2.24) is 30.2 Å². The fraction of sp³-hybridized carbons (Fsp3) is 0.350. The minimum Gasteiger partial charge on any atom is -0.453 e. The van der Waals surface area contributed by atoms with Crippen LogP contribution in [0.5, 0.6) is 23.0 Å². The molecule has 8 heterocycles. The van der Waals surface area contributed by atoms with Crippen LogP contribution in [0.1, 0.15) is 91.3 Å². The number of fused-ring (bicyclic) bond motifs is 2. The van der Waals surface area contributed by atoms with Gasteiger partial charge in [0.05, 0.1) is 53.8 Å². The Labute approximate surface area is 453 Å². The number of thiophene rings is 2. The molecule has 0 spiro atoms. The van der Waals surface area contributed by atoms with E-state index in [0.29, 0.717) is 58.4 Å². The zero-order valence-corrected chi connectivity index (χ0v) is 44.2. The minimum absolute atomic E-state index is 0.0266. The number of halogens is 2. The highest BCUT2D eigenvalue weighted by Crippen LogP contribution is 2.41. The van der Waals surface area contributed by atoms with E-state index in [0.717, 1.165) is 132 Å². The number of pyridine rings is 4. The van der Waals surface area contributed by atoms with Gasteiger partial charge in [0, 0.05) is 87.8 Å². The van der Waals surface area contributed by atoms with E-state index in [9.17, 15) is 28.3 Å². The van der Waals surface area contributed by atoms with E-state index >= 15 is 0 Å². The molecule has 17 heteroatoms. The van der Waals surface area contributed by atoms with Gasteiger partial charge in [0.1, 0.15) is 23.1 Å². The summed E-state index contributed by atoms with van der Waals surface area (Å²) in [6.45, 7) is 4.60. The molecular formula is C60H60F2N6O7S2. The Balaban J connectivity index is 0.000000157. The SMILES string of the molecule is O=C(Cc1ccc(Oc2ccnc3cc(-c4ccc(CN5CCC(O)CC5)cn4)sc23)c(F)c1)CC1CC1.O=Cc1ccc(-c2cc3nccc(Oc4ccc(CC(=O)CC5CC5)cc4F)c3s2)nc1.OC1CCNCC1. The fourth-order valence-electron chi connectivity index (χ4n) is 9.27. The Hall–Kier alpha value is -6.73. The van der Waals surface area contributed by atoms with Crippen molar-refractivity contribution in [1.29, 1.82) is 0 Å². The zero-order valence-electron chi connectivity index (χ0n) is 42.5. The summed E-state index contributed by atoms with van der Waals surface area (Å²) in [5.41, 5.74) is 6.02. The van der Waals surface area contributed by atoms with Gasteiger partial charge in [-0.2, -0.15) is 0 Å². The van der Waals surface area contributed by atoms with E-state index in [1.54, 1.807) is 60.9 Å². The Bertz CT molecular complexity index is 3330. The van der Waals surface area contributed by atoms with Crippen LogP contribution in [-0.2, 0) is 29.0 Å². The smallest absolute Gasteiger partial charge is 0.166 e. The molecule has 4 aliphatic rings. The average Bonchev–Trinajstić information content (AvgIpc) is 4.36. The van der Waals surface area contributed by atoms with Gasteiger partial charge in [0.2, 0.25) is 0 Å². The lowest BCUT2D eigenvalue weighted by Gasteiger charge is -2.29. The molecule has 0 unspecified atom stereocenters. The number of Topliss-reactive ketones (excluding diaryl/α,β-unsaturated/α-hetero) is 2. The van der Waals surface area contributed by atoms with Gasteiger partial charge in [-0.25, -0.2) is 8.78 Å². The van der Waals surface area contributed by atoms with E-state index in [-0.39, 0.29) is 48.1 Å². The van der Waals surface area contributed by atoms with Crippen molar-refractivity contribution in [2.75, 3.05) is 26.2 Å². The molecule has 2 saturated carbocycles. The van der Waals surface area contributed by atoms with Crippen LogP contribution in [0.15, 0.2) is 110 Å². The van der Waals surface area contributed by atoms with Crippen molar-refractivity contribution in [3.05, 3.63) is 144 Å². The number of piperidine rings is 2. The first kappa shape index (κ1) is 53.7. The number of aromatic nitrogens is 4. The summed E-state index contributed by atoms with van der Waals surface area (Å²) in [7, 11) is 0. The summed E-state index contributed by atoms with van der Waals surface area (Å²) < 4.78 is 43.1. The van der Waals surface area contributed by atoms with Crippen LogP contribution in [-0.4, -0.2) is 91.3 Å². The summed E-state index contributed by atoms with van der Waals surface area (Å²) in [4.78, 5) is 57.1. The van der Waals surface area contributed by atoms with Crippen LogP contribution in [0.2, 0.25) is 0 Å². The highest BCUT2D eigenvalue weighted by Gasteiger charge is 2.26. The summed E-state index contributed by atoms with van der Waals surface area (Å²) in [5.74, 6) is 1.63. The molecule has 0 bridgehead atoms. The van der Waals surface area contributed by atoms with Gasteiger partial charge >= 0.3 is 0 Å². The van der Waals surface area contributed by atoms with Gasteiger partial charge in [0.25, 0.3) is 0 Å². The Morgan fingerprint density at radius 1 is 0.597 bits per heavy atom. The number of hydrogen-bond donors (Lipinski definition) is 3. The molecule has 0 atom stereocenters. The predicted molar refractivity (Wildman–Crippen MR) is 295 cm³/mol. The quantitative estimate of drug-likeness (QED) is 0.0735. The van der Waals surface area contributed by atoms with Crippen LogP contribution >= 0.6 is 22.7 Å². The third-order valence-corrected chi connectivity index (χ3v) is 16.3. The standard InChI is InChI=1S/C30H30FN3O3S.C25H19FN2O3S.C5H11NO/c31-24-15-20(14-23(36)13-19-1-2-19)4-6-27(24)37-28-7-10-32-26-16-29(38-30(26)28)25-5-3-21(17-33-25)18-34-11-8-22(35)9-12-34;26-19-11-16(10-18(30)9-15-1-2-15)4-6-22(19)31-23-7-8-27-21-12-24(32-25(21)23)20-5-3-17(14-29)13-28-20;7-5-1-3-6-4-2-5/h3-7,10,15-17,19,22,35H,1-2,8-9,11-14,18H2;3-8,11-15H,1-2,9-10H2;5-7H,1-4H2. The number of aliphatic hydroxyl groups is 2. The minimum atomic E-state index is -0.505. The molecule has 3 N–H and O–H groups in total. The summed E-state index contributed by atoms with van der Waals surface area (Å²) in [5, 5.41) is 21.7. The maximum atomic E-state index is 14.9. The van der Waals surface area contributed by atoms with Crippen molar-refractivity contribution in [3.8, 4) is 44.1 Å². The molecular weight excluding hydrogens is 1020 g/mol. The number of carbonyl (C=O) groups is 3. The molecule has 2 aliphatic heterocycles. The number of rotatable bonds is 17. The highest BCUT2D eigenvalue weighted by molar-refractivity contribution is 7.22. The van der Waals surface area contributed by atoms with Crippen molar-refractivity contribution < 1.29 is 42.9 Å². The Morgan fingerprint density at radius 2 is 1.09 bits per heavy atom. The number of ketones is 2. The number of nitrogens with one attached hydrogen (secondary N) is 1. The van der Waals surface area contributed by atoms with Gasteiger partial charge in [-0.05, 0) is 148 Å². The maximum Gasteiger partial charge on any atom is 0.166 e. The van der Waals surface area contributed by atoms with Crippen LogP contribution in [0.3, 0.4) is 0 Å². The molecule has 0 radical (unpaired) electrons. The molecule has 8 aromatic rings. The number of hydrogen-bond acceptors (Lipinski definition) is 15. The number of aldehydes is 1. The maximum absolute atomic E-state index is 14.9. The first-order chi connectivity index (χ1) is 37.5. The molecule has 77 heavy (non-hydrogen) atoms. The number of likely N-dealkylation sites (tertiary alicyclic amines) is 1. The monoisotopic (exact) mass is 1080 g/mol. The molecule has 2 aromatic carbocycles. The largest absolute Gasteiger partial charge is 0.453 e. The molecule has 6 aromatic heterocycles. The van der Waals surface area contributed by atoms with E-state index in [4.69, 9.17) is 14.6 Å². The van der Waals surface area contributed by atoms with Crippen molar-refractivity contribution in [2.24, 2.45) is 11.8 Å². The molecule has 12 rings (SSSR count). The molecule has 398 valence electrons. The number of benzene rings is 2. The zero-order chi connectivity index (χ0) is 53.3. The number of ether oxygens (including phenoxy) is 2. The Kier molecular flexibility index (Phi) is 17.5. The summed E-state index contributed by atoms with van der Waals surface area (Å²) >= 11 is 2.94.